The monoisotopic (exact) mass is 266 g/mol. The van der Waals surface area contributed by atoms with Crippen LogP contribution in [-0.4, -0.2) is 37.6 Å². The van der Waals surface area contributed by atoms with E-state index in [9.17, 15) is 4.79 Å². The number of methoxy groups -OCH3 is 1. The third-order valence-electron chi connectivity index (χ3n) is 2.95. The van der Waals surface area contributed by atoms with Crippen molar-refractivity contribution in [2.45, 2.75) is 20.4 Å². The fourth-order valence-electron chi connectivity index (χ4n) is 1.79. The van der Waals surface area contributed by atoms with Gasteiger partial charge in [-0.05, 0) is 32.0 Å². The number of hydrogen-bond acceptors (Lipinski definition) is 4. The first-order valence-electron chi connectivity index (χ1n) is 6.43. The van der Waals surface area contributed by atoms with E-state index in [1.807, 2.05) is 19.9 Å². The summed E-state index contributed by atoms with van der Waals surface area (Å²) in [4.78, 5) is 13.6. The van der Waals surface area contributed by atoms with Crippen LogP contribution < -0.4 is 15.2 Å². The maximum absolute atomic E-state index is 11.8. The normalized spacial score (nSPS) is 10.1. The molecule has 1 aromatic rings. The summed E-state index contributed by atoms with van der Waals surface area (Å²) >= 11 is 0. The Bertz CT molecular complexity index is 417. The third kappa shape index (κ3) is 4.13. The van der Waals surface area contributed by atoms with Crippen LogP contribution in [0.2, 0.25) is 0 Å². The van der Waals surface area contributed by atoms with Crippen LogP contribution >= 0.6 is 0 Å². The number of carbonyl (C=O) groups excluding carboxylic acids is 1. The van der Waals surface area contributed by atoms with Gasteiger partial charge in [0.15, 0.2) is 6.61 Å². The van der Waals surface area contributed by atoms with Gasteiger partial charge in [-0.2, -0.15) is 0 Å². The molecule has 0 heterocycles. The van der Waals surface area contributed by atoms with Crippen molar-refractivity contribution in [3.8, 4) is 11.5 Å². The lowest BCUT2D eigenvalue weighted by atomic mass is 10.2. The Hall–Kier alpha value is -1.75. The molecule has 0 fully saturated rings. The first-order valence-corrected chi connectivity index (χ1v) is 6.43. The minimum atomic E-state index is -0.0243. The third-order valence-corrected chi connectivity index (χ3v) is 2.95. The first kappa shape index (κ1) is 15.3. The molecule has 5 heteroatoms. The number of likely N-dealkylation sites (N-methyl/N-ethyl adjacent to an activating group) is 1. The van der Waals surface area contributed by atoms with Crippen LogP contribution in [0, 0.1) is 0 Å². The van der Waals surface area contributed by atoms with E-state index in [2.05, 4.69) is 0 Å². The molecule has 0 radical (unpaired) electrons. The van der Waals surface area contributed by atoms with Gasteiger partial charge in [0, 0.05) is 25.2 Å². The number of rotatable bonds is 7. The number of benzene rings is 1. The highest BCUT2D eigenvalue weighted by atomic mass is 16.5. The van der Waals surface area contributed by atoms with E-state index in [4.69, 9.17) is 15.2 Å². The summed E-state index contributed by atoms with van der Waals surface area (Å²) in [6.45, 7) is 5.63. The largest absolute Gasteiger partial charge is 0.497 e. The molecule has 0 atom stereocenters. The van der Waals surface area contributed by atoms with E-state index >= 15 is 0 Å². The number of carbonyl (C=O) groups is 1. The summed E-state index contributed by atoms with van der Waals surface area (Å²) in [5, 5.41) is 0. The number of nitrogens with zero attached hydrogens (tertiary/aromatic N) is 1. The standard InChI is InChI=1S/C14H22N2O3/c1-4-16(5-2)14(17)10-19-13-7-6-12(18-3)8-11(13)9-15/h6-8H,4-5,9-10,15H2,1-3H3. The first-order chi connectivity index (χ1) is 9.15. The van der Waals surface area contributed by atoms with E-state index in [0.717, 1.165) is 11.3 Å². The molecule has 19 heavy (non-hydrogen) atoms. The maximum Gasteiger partial charge on any atom is 0.260 e. The van der Waals surface area contributed by atoms with Gasteiger partial charge in [0.25, 0.3) is 5.91 Å². The molecule has 0 bridgehead atoms. The number of nitrogens with two attached hydrogens (primary N) is 1. The van der Waals surface area contributed by atoms with Gasteiger partial charge in [-0.1, -0.05) is 0 Å². The molecule has 0 unspecified atom stereocenters. The molecule has 106 valence electrons. The van der Waals surface area contributed by atoms with E-state index in [1.54, 1.807) is 24.1 Å². The molecule has 5 nitrogen and oxygen atoms in total. The van der Waals surface area contributed by atoms with Gasteiger partial charge in [0.05, 0.1) is 7.11 Å². The second-order valence-corrected chi connectivity index (χ2v) is 4.03. The van der Waals surface area contributed by atoms with Gasteiger partial charge < -0.3 is 20.1 Å². The lowest BCUT2D eigenvalue weighted by Crippen LogP contribution is -2.34. The highest BCUT2D eigenvalue weighted by Crippen LogP contribution is 2.23. The molecule has 1 aromatic carbocycles. The Morgan fingerprint density at radius 3 is 2.53 bits per heavy atom. The Morgan fingerprint density at radius 2 is 2.00 bits per heavy atom. The van der Waals surface area contributed by atoms with Crippen LogP contribution in [0.4, 0.5) is 0 Å². The molecule has 2 N–H and O–H groups in total. The van der Waals surface area contributed by atoms with Crippen molar-refractivity contribution < 1.29 is 14.3 Å². The van der Waals surface area contributed by atoms with Gasteiger partial charge in [-0.25, -0.2) is 0 Å². The van der Waals surface area contributed by atoms with E-state index in [-0.39, 0.29) is 12.5 Å². The molecule has 0 aromatic heterocycles. The fourth-order valence-corrected chi connectivity index (χ4v) is 1.79. The zero-order valence-electron chi connectivity index (χ0n) is 11.8. The van der Waals surface area contributed by atoms with Crippen molar-refractivity contribution in [1.82, 2.24) is 4.90 Å². The van der Waals surface area contributed by atoms with Gasteiger partial charge >= 0.3 is 0 Å². The Kier molecular flexibility index (Phi) is 6.15. The highest BCUT2D eigenvalue weighted by molar-refractivity contribution is 5.77. The van der Waals surface area contributed by atoms with Crippen LogP contribution in [0.1, 0.15) is 19.4 Å². The summed E-state index contributed by atoms with van der Waals surface area (Å²) in [5.74, 6) is 1.33. The van der Waals surface area contributed by atoms with Gasteiger partial charge in [0.2, 0.25) is 0 Å². The van der Waals surface area contributed by atoms with Crippen LogP contribution in [0.15, 0.2) is 18.2 Å². The Labute approximate surface area is 114 Å². The van der Waals surface area contributed by atoms with E-state index in [0.29, 0.717) is 25.4 Å². The zero-order chi connectivity index (χ0) is 14.3. The molecule has 1 rings (SSSR count). The van der Waals surface area contributed by atoms with Crippen LogP contribution in [0.25, 0.3) is 0 Å². The zero-order valence-corrected chi connectivity index (χ0v) is 11.8. The molecular weight excluding hydrogens is 244 g/mol. The van der Waals surface area contributed by atoms with Crippen molar-refractivity contribution in [3.63, 3.8) is 0 Å². The van der Waals surface area contributed by atoms with Crippen molar-refractivity contribution in [1.29, 1.82) is 0 Å². The topological polar surface area (TPSA) is 64.8 Å². The van der Waals surface area contributed by atoms with Crippen LogP contribution in [0.3, 0.4) is 0 Å². The molecule has 0 saturated carbocycles. The van der Waals surface area contributed by atoms with E-state index < -0.39 is 0 Å². The maximum atomic E-state index is 11.8. The average Bonchev–Trinajstić information content (AvgIpc) is 2.46. The molecular formula is C14H22N2O3. The van der Waals surface area contributed by atoms with Crippen LogP contribution in [0.5, 0.6) is 11.5 Å². The summed E-state index contributed by atoms with van der Waals surface area (Å²) < 4.78 is 10.7. The highest BCUT2D eigenvalue weighted by Gasteiger charge is 2.11. The molecule has 0 aliphatic carbocycles. The minimum absolute atomic E-state index is 0.0243. The van der Waals surface area contributed by atoms with E-state index in [1.165, 1.54) is 0 Å². The lowest BCUT2D eigenvalue weighted by molar-refractivity contribution is -0.132. The SMILES string of the molecule is CCN(CC)C(=O)COc1ccc(OC)cc1CN. The molecule has 0 spiro atoms. The van der Waals surface area contributed by atoms with Crippen molar-refractivity contribution in [3.05, 3.63) is 23.8 Å². The number of hydrogen-bond donors (Lipinski definition) is 1. The summed E-state index contributed by atoms with van der Waals surface area (Å²) in [6, 6.07) is 5.38. The quantitative estimate of drug-likeness (QED) is 0.810. The summed E-state index contributed by atoms with van der Waals surface area (Å²) in [5.41, 5.74) is 6.49. The van der Waals surface area contributed by atoms with Gasteiger partial charge in [-0.3, -0.25) is 4.79 Å². The minimum Gasteiger partial charge on any atom is -0.497 e. The summed E-state index contributed by atoms with van der Waals surface area (Å²) in [7, 11) is 1.60. The predicted molar refractivity (Wildman–Crippen MR) is 74.3 cm³/mol. The second-order valence-electron chi connectivity index (χ2n) is 4.03. The number of amides is 1. The average molecular weight is 266 g/mol. The molecule has 0 aliphatic rings. The summed E-state index contributed by atoms with van der Waals surface area (Å²) in [6.07, 6.45) is 0. The molecule has 0 saturated heterocycles. The van der Waals surface area contributed by atoms with Crippen molar-refractivity contribution in [2.75, 3.05) is 26.8 Å². The second kappa shape index (κ2) is 7.63. The van der Waals surface area contributed by atoms with Gasteiger partial charge in [-0.15, -0.1) is 0 Å². The van der Waals surface area contributed by atoms with Crippen molar-refractivity contribution in [2.24, 2.45) is 5.73 Å². The Balaban J connectivity index is 2.69. The fraction of sp³-hybridized carbons (Fsp3) is 0.500. The lowest BCUT2D eigenvalue weighted by Gasteiger charge is -2.19. The molecule has 0 aliphatic heterocycles. The Morgan fingerprint density at radius 1 is 1.32 bits per heavy atom. The smallest absolute Gasteiger partial charge is 0.260 e. The molecule has 1 amide bonds. The van der Waals surface area contributed by atoms with Gasteiger partial charge in [0.1, 0.15) is 11.5 Å². The van der Waals surface area contributed by atoms with Crippen molar-refractivity contribution >= 4 is 5.91 Å². The van der Waals surface area contributed by atoms with Crippen LogP contribution in [-0.2, 0) is 11.3 Å². The number of ether oxygens (including phenoxy) is 2. The predicted octanol–water partition coefficient (Wildman–Crippen LogP) is 1.40.